The first kappa shape index (κ1) is 27.2. The summed E-state index contributed by atoms with van der Waals surface area (Å²) in [4.78, 5) is 15.1. The molecule has 0 saturated heterocycles. The Morgan fingerprint density at radius 2 is 1.05 bits per heavy atom. The number of benzene rings is 6. The van der Waals surface area contributed by atoms with Crippen LogP contribution in [0.25, 0.3) is 21.5 Å². The number of rotatable bonds is 6. The van der Waals surface area contributed by atoms with E-state index in [0.29, 0.717) is 0 Å². The second kappa shape index (κ2) is 12.2. The zero-order chi connectivity index (χ0) is 28.8. The van der Waals surface area contributed by atoms with E-state index in [1.165, 1.54) is 27.6 Å². The molecule has 0 amide bonds. The van der Waals surface area contributed by atoms with E-state index in [9.17, 15) is 10.1 Å². The predicted molar refractivity (Wildman–Crippen MR) is 173 cm³/mol. The predicted octanol–water partition coefficient (Wildman–Crippen LogP) is 10.3. The third-order valence-electron chi connectivity index (χ3n) is 6.91. The van der Waals surface area contributed by atoms with Gasteiger partial charge in [-0.05, 0) is 83.1 Å². The Bertz CT molecular complexity index is 1750. The van der Waals surface area contributed by atoms with E-state index in [0.717, 1.165) is 28.4 Å². The van der Waals surface area contributed by atoms with Crippen molar-refractivity contribution in [2.45, 2.75) is 6.92 Å². The lowest BCUT2D eigenvalue weighted by atomic mass is 10.1. The van der Waals surface area contributed by atoms with Gasteiger partial charge in [0.2, 0.25) is 0 Å². The van der Waals surface area contributed by atoms with Gasteiger partial charge in [-0.15, -0.1) is 6.58 Å². The van der Waals surface area contributed by atoms with Crippen molar-refractivity contribution >= 4 is 55.7 Å². The Morgan fingerprint density at radius 1 is 0.585 bits per heavy atom. The number of fused-ring (bicyclic) bond motifs is 2. The molecule has 202 valence electrons. The molecule has 0 saturated carbocycles. The van der Waals surface area contributed by atoms with Crippen LogP contribution in [0.5, 0.6) is 0 Å². The normalized spacial score (nSPS) is 10.5. The number of anilines is 5. The summed E-state index contributed by atoms with van der Waals surface area (Å²) in [6.45, 7) is 5.25. The van der Waals surface area contributed by atoms with Crippen LogP contribution in [0.15, 0.2) is 146 Å². The van der Waals surface area contributed by atoms with Crippen molar-refractivity contribution in [3.8, 4) is 0 Å². The summed E-state index contributed by atoms with van der Waals surface area (Å²) in [5, 5.41) is 16.0. The molecule has 5 nitrogen and oxygen atoms in total. The van der Waals surface area contributed by atoms with E-state index in [2.05, 4.69) is 109 Å². The molecule has 6 aromatic rings. The highest BCUT2D eigenvalue weighted by Crippen LogP contribution is 2.38. The van der Waals surface area contributed by atoms with Gasteiger partial charge < -0.3 is 9.80 Å². The van der Waals surface area contributed by atoms with Gasteiger partial charge in [0, 0.05) is 47.6 Å². The third-order valence-corrected chi connectivity index (χ3v) is 6.91. The van der Waals surface area contributed by atoms with Gasteiger partial charge in [-0.1, -0.05) is 72.8 Å². The fourth-order valence-corrected chi connectivity index (χ4v) is 4.87. The second-order valence-electron chi connectivity index (χ2n) is 9.66. The van der Waals surface area contributed by atoms with E-state index in [4.69, 9.17) is 0 Å². The molecule has 6 aromatic carbocycles. The van der Waals surface area contributed by atoms with E-state index >= 15 is 0 Å². The number of hydrogen-bond donors (Lipinski definition) is 0. The summed E-state index contributed by atoms with van der Waals surface area (Å²) < 4.78 is 0. The molecular weight excluding hydrogens is 506 g/mol. The van der Waals surface area contributed by atoms with Crippen molar-refractivity contribution in [2.24, 2.45) is 0 Å². The standard InChI is InChI=1S/C33H25N3O2.C3H6/c1-34(30-11-6-12-33(23-30)36(37)38)28-17-19-29(20-18-28)35(31-15-13-24-7-2-4-9-26(24)21-31)32-16-14-25-8-3-5-10-27(25)22-32;1-3-2/h2-23H,1H3;3H,1H2,2H3. The zero-order valence-electron chi connectivity index (χ0n) is 23.1. The van der Waals surface area contributed by atoms with Gasteiger partial charge in [-0.2, -0.15) is 0 Å². The van der Waals surface area contributed by atoms with E-state index in [-0.39, 0.29) is 10.6 Å². The summed E-state index contributed by atoms with van der Waals surface area (Å²) in [7, 11) is 1.92. The zero-order valence-corrected chi connectivity index (χ0v) is 23.1. The van der Waals surface area contributed by atoms with Gasteiger partial charge in [-0.3, -0.25) is 10.1 Å². The van der Waals surface area contributed by atoms with Crippen molar-refractivity contribution in [1.82, 2.24) is 0 Å². The van der Waals surface area contributed by atoms with Crippen LogP contribution in [0.1, 0.15) is 6.92 Å². The summed E-state index contributed by atoms with van der Waals surface area (Å²) in [5.41, 5.74) is 4.92. The molecule has 0 fully saturated rings. The minimum absolute atomic E-state index is 0.0738. The summed E-state index contributed by atoms with van der Waals surface area (Å²) in [6.07, 6.45) is 1.75. The number of nitro groups is 1. The number of nitrogens with zero attached hydrogens (tertiary/aromatic N) is 3. The van der Waals surface area contributed by atoms with Gasteiger partial charge in [-0.25, -0.2) is 0 Å². The Kier molecular flexibility index (Phi) is 8.07. The molecule has 0 radical (unpaired) electrons. The van der Waals surface area contributed by atoms with Crippen molar-refractivity contribution in [3.63, 3.8) is 0 Å². The van der Waals surface area contributed by atoms with Gasteiger partial charge in [0.25, 0.3) is 5.69 Å². The van der Waals surface area contributed by atoms with Crippen LogP contribution >= 0.6 is 0 Å². The minimum Gasteiger partial charge on any atom is -0.344 e. The SMILES string of the molecule is C=CC.CN(c1ccc(N(c2ccc3ccccc3c2)c2ccc3ccccc3c2)cc1)c1cccc([N+](=O)[O-])c1. The largest absolute Gasteiger partial charge is 0.344 e. The molecule has 5 heteroatoms. The lowest BCUT2D eigenvalue weighted by Crippen LogP contribution is -2.12. The van der Waals surface area contributed by atoms with E-state index in [1.807, 2.05) is 37.1 Å². The smallest absolute Gasteiger partial charge is 0.271 e. The lowest BCUT2D eigenvalue weighted by molar-refractivity contribution is -0.384. The van der Waals surface area contributed by atoms with E-state index < -0.39 is 0 Å². The van der Waals surface area contributed by atoms with Crippen molar-refractivity contribution in [1.29, 1.82) is 0 Å². The highest BCUT2D eigenvalue weighted by atomic mass is 16.6. The molecule has 6 rings (SSSR count). The van der Waals surface area contributed by atoms with Gasteiger partial charge >= 0.3 is 0 Å². The molecule has 0 atom stereocenters. The molecule has 0 unspecified atom stereocenters. The molecule has 41 heavy (non-hydrogen) atoms. The van der Waals surface area contributed by atoms with E-state index in [1.54, 1.807) is 18.2 Å². The number of allylic oxidation sites excluding steroid dienone is 1. The van der Waals surface area contributed by atoms with Crippen LogP contribution in [0.3, 0.4) is 0 Å². The topological polar surface area (TPSA) is 49.6 Å². The van der Waals surface area contributed by atoms with Gasteiger partial charge in [0.05, 0.1) is 4.92 Å². The van der Waals surface area contributed by atoms with Gasteiger partial charge in [0.1, 0.15) is 0 Å². The van der Waals surface area contributed by atoms with Gasteiger partial charge in [0.15, 0.2) is 0 Å². The highest BCUT2D eigenvalue weighted by molar-refractivity contribution is 5.92. The van der Waals surface area contributed by atoms with Crippen molar-refractivity contribution in [3.05, 3.63) is 156 Å². The Morgan fingerprint density at radius 3 is 1.56 bits per heavy atom. The number of non-ortho nitro benzene ring substituents is 1. The second-order valence-corrected chi connectivity index (χ2v) is 9.66. The molecule has 0 N–H and O–H groups in total. The first-order valence-electron chi connectivity index (χ1n) is 13.4. The maximum Gasteiger partial charge on any atom is 0.271 e. The van der Waals surface area contributed by atoms with Crippen LogP contribution in [0, 0.1) is 10.1 Å². The fraction of sp³-hybridized carbons (Fsp3) is 0.0556. The molecular formula is C36H31N3O2. The summed E-state index contributed by atoms with van der Waals surface area (Å²) >= 11 is 0. The Balaban J connectivity index is 0.00000108. The number of nitro benzene ring substituents is 1. The molecule has 0 spiro atoms. The van der Waals surface area contributed by atoms with Crippen molar-refractivity contribution in [2.75, 3.05) is 16.8 Å². The van der Waals surface area contributed by atoms with Crippen LogP contribution < -0.4 is 9.80 Å². The average Bonchev–Trinajstić information content (AvgIpc) is 3.01. The molecule has 0 bridgehead atoms. The first-order valence-corrected chi connectivity index (χ1v) is 13.4. The lowest BCUT2D eigenvalue weighted by Gasteiger charge is -2.27. The molecule has 0 heterocycles. The molecule has 0 aliphatic rings. The molecule has 0 aliphatic carbocycles. The van der Waals surface area contributed by atoms with Crippen LogP contribution in [-0.4, -0.2) is 12.0 Å². The summed E-state index contributed by atoms with van der Waals surface area (Å²) in [5.74, 6) is 0. The molecule has 0 aromatic heterocycles. The van der Waals surface area contributed by atoms with Crippen molar-refractivity contribution < 1.29 is 4.92 Å². The highest BCUT2D eigenvalue weighted by Gasteiger charge is 2.15. The Hall–Kier alpha value is -5.42. The maximum atomic E-state index is 11.2. The fourth-order valence-electron chi connectivity index (χ4n) is 4.87. The monoisotopic (exact) mass is 537 g/mol. The van der Waals surface area contributed by atoms with Crippen LogP contribution in [0.2, 0.25) is 0 Å². The van der Waals surface area contributed by atoms with Crippen LogP contribution in [-0.2, 0) is 0 Å². The maximum absolute atomic E-state index is 11.2. The quantitative estimate of drug-likeness (QED) is 0.120. The third kappa shape index (κ3) is 5.94. The number of hydrogen-bond acceptors (Lipinski definition) is 4. The summed E-state index contributed by atoms with van der Waals surface area (Å²) in [6, 6.07) is 44.7. The Labute approximate surface area is 240 Å². The van der Waals surface area contributed by atoms with Crippen LogP contribution in [0.4, 0.5) is 34.1 Å². The molecule has 0 aliphatic heterocycles. The first-order chi connectivity index (χ1) is 20.0. The minimum atomic E-state index is -0.370. The average molecular weight is 538 g/mol.